The molecule has 30 heavy (non-hydrogen) atoms. The fraction of sp³-hybridized carbons (Fsp3) is 0.217. The number of aromatic nitrogens is 1. The van der Waals surface area contributed by atoms with E-state index in [1.54, 1.807) is 23.2 Å². The molecule has 0 aliphatic carbocycles. The summed E-state index contributed by atoms with van der Waals surface area (Å²) in [6, 6.07) is 21.2. The van der Waals surface area contributed by atoms with Crippen LogP contribution >= 0.6 is 0 Å². The summed E-state index contributed by atoms with van der Waals surface area (Å²) in [5.74, 6) is 0.0147. The van der Waals surface area contributed by atoms with Crippen LogP contribution < -0.4 is 0 Å². The summed E-state index contributed by atoms with van der Waals surface area (Å²) in [5.41, 5.74) is 3.20. The van der Waals surface area contributed by atoms with Crippen molar-refractivity contribution < 1.29 is 13.2 Å². The Bertz CT molecular complexity index is 1090. The van der Waals surface area contributed by atoms with E-state index in [2.05, 4.69) is 17.1 Å². The number of carbonyl (C=O) groups excluding carboxylic acids is 1. The van der Waals surface area contributed by atoms with Crippen molar-refractivity contribution in [2.75, 3.05) is 26.2 Å². The van der Waals surface area contributed by atoms with Gasteiger partial charge in [-0.2, -0.15) is 4.31 Å². The van der Waals surface area contributed by atoms with Gasteiger partial charge in [0.05, 0.1) is 6.42 Å². The minimum atomic E-state index is -3.57. The molecule has 0 unspecified atom stereocenters. The highest BCUT2D eigenvalue weighted by Gasteiger charge is 2.30. The third-order valence-electron chi connectivity index (χ3n) is 5.28. The maximum atomic E-state index is 12.7. The molecule has 6 nitrogen and oxygen atoms in total. The van der Waals surface area contributed by atoms with Crippen molar-refractivity contribution in [1.29, 1.82) is 0 Å². The van der Waals surface area contributed by atoms with Gasteiger partial charge in [0.15, 0.2) is 0 Å². The van der Waals surface area contributed by atoms with Crippen LogP contribution in [-0.4, -0.2) is 54.7 Å². The Hall–Kier alpha value is -3.03. The number of carbonyl (C=O) groups is 1. The highest BCUT2D eigenvalue weighted by Crippen LogP contribution is 2.20. The van der Waals surface area contributed by atoms with Crippen LogP contribution in [0.1, 0.15) is 5.56 Å². The zero-order chi connectivity index (χ0) is 21.0. The van der Waals surface area contributed by atoms with E-state index in [4.69, 9.17) is 0 Å². The van der Waals surface area contributed by atoms with Gasteiger partial charge < -0.3 is 4.90 Å². The summed E-state index contributed by atoms with van der Waals surface area (Å²) in [4.78, 5) is 18.5. The second kappa shape index (κ2) is 8.77. The number of amides is 1. The van der Waals surface area contributed by atoms with Crippen molar-refractivity contribution in [3.05, 3.63) is 84.7 Å². The molecule has 1 aliphatic rings. The Labute approximate surface area is 176 Å². The summed E-state index contributed by atoms with van der Waals surface area (Å²) < 4.78 is 26.8. The van der Waals surface area contributed by atoms with Crippen LogP contribution in [0.25, 0.3) is 11.1 Å². The van der Waals surface area contributed by atoms with Gasteiger partial charge in [-0.3, -0.25) is 9.78 Å². The standard InChI is InChI=1S/C23H23N3O3S/c27-23(17-19-8-10-21(11-9-19)20-5-2-1-3-6-20)25-13-15-26(16-14-25)30(28,29)22-7-4-12-24-18-22/h1-12,18H,13-17H2. The Morgan fingerprint density at radius 3 is 2.13 bits per heavy atom. The van der Waals surface area contributed by atoms with Gasteiger partial charge in [-0.25, -0.2) is 8.42 Å². The summed E-state index contributed by atoms with van der Waals surface area (Å²) >= 11 is 0. The number of benzene rings is 2. The van der Waals surface area contributed by atoms with Crippen LogP contribution in [0.4, 0.5) is 0 Å². The number of rotatable bonds is 5. The number of piperazine rings is 1. The molecular formula is C23H23N3O3S. The molecule has 2 aromatic carbocycles. The molecule has 0 radical (unpaired) electrons. The fourth-order valence-electron chi connectivity index (χ4n) is 3.56. The highest BCUT2D eigenvalue weighted by molar-refractivity contribution is 7.89. The van der Waals surface area contributed by atoms with Crippen molar-refractivity contribution >= 4 is 15.9 Å². The van der Waals surface area contributed by atoms with E-state index in [0.29, 0.717) is 19.5 Å². The van der Waals surface area contributed by atoms with Gasteiger partial charge >= 0.3 is 0 Å². The lowest BCUT2D eigenvalue weighted by Gasteiger charge is -2.34. The Morgan fingerprint density at radius 2 is 1.50 bits per heavy atom. The quantitative estimate of drug-likeness (QED) is 0.635. The van der Waals surface area contributed by atoms with E-state index < -0.39 is 10.0 Å². The monoisotopic (exact) mass is 421 g/mol. The molecule has 154 valence electrons. The molecule has 4 rings (SSSR count). The predicted molar refractivity (Wildman–Crippen MR) is 115 cm³/mol. The van der Waals surface area contributed by atoms with E-state index in [1.165, 1.54) is 10.5 Å². The topological polar surface area (TPSA) is 70.6 Å². The number of nitrogens with zero attached hydrogens (tertiary/aromatic N) is 3. The van der Waals surface area contributed by atoms with Crippen molar-refractivity contribution in [3.8, 4) is 11.1 Å². The lowest BCUT2D eigenvalue weighted by molar-refractivity contribution is -0.131. The Balaban J connectivity index is 1.35. The third-order valence-corrected chi connectivity index (χ3v) is 7.16. The second-order valence-corrected chi connectivity index (χ2v) is 9.15. The van der Waals surface area contributed by atoms with Crippen molar-refractivity contribution in [1.82, 2.24) is 14.2 Å². The molecule has 1 amide bonds. The van der Waals surface area contributed by atoms with E-state index in [-0.39, 0.29) is 23.9 Å². The average Bonchev–Trinajstić information content (AvgIpc) is 2.81. The van der Waals surface area contributed by atoms with Crippen molar-refractivity contribution in [3.63, 3.8) is 0 Å². The zero-order valence-electron chi connectivity index (χ0n) is 16.5. The first-order valence-electron chi connectivity index (χ1n) is 9.86. The largest absolute Gasteiger partial charge is 0.340 e. The van der Waals surface area contributed by atoms with Gasteiger partial charge in [0.1, 0.15) is 4.90 Å². The summed E-state index contributed by atoms with van der Waals surface area (Å²) in [5, 5.41) is 0. The van der Waals surface area contributed by atoms with E-state index in [1.807, 2.05) is 42.5 Å². The van der Waals surface area contributed by atoms with Gasteiger partial charge in [0, 0.05) is 38.6 Å². The number of hydrogen-bond donors (Lipinski definition) is 0. The van der Waals surface area contributed by atoms with Gasteiger partial charge in [-0.15, -0.1) is 0 Å². The summed E-state index contributed by atoms with van der Waals surface area (Å²) in [6.07, 6.45) is 3.21. The molecule has 1 aromatic heterocycles. The molecule has 1 fully saturated rings. The average molecular weight is 422 g/mol. The maximum absolute atomic E-state index is 12.7. The van der Waals surface area contributed by atoms with E-state index in [0.717, 1.165) is 16.7 Å². The lowest BCUT2D eigenvalue weighted by Crippen LogP contribution is -2.50. The molecule has 1 aliphatic heterocycles. The first kappa shape index (κ1) is 20.3. The molecule has 0 N–H and O–H groups in total. The molecule has 0 bridgehead atoms. The number of sulfonamides is 1. The van der Waals surface area contributed by atoms with Crippen LogP contribution in [0, 0.1) is 0 Å². The van der Waals surface area contributed by atoms with Crippen LogP contribution in [0.3, 0.4) is 0 Å². The van der Waals surface area contributed by atoms with Gasteiger partial charge in [-0.05, 0) is 28.8 Å². The molecule has 0 saturated carbocycles. The maximum Gasteiger partial charge on any atom is 0.244 e. The van der Waals surface area contributed by atoms with E-state index in [9.17, 15) is 13.2 Å². The Morgan fingerprint density at radius 1 is 0.833 bits per heavy atom. The Kier molecular flexibility index (Phi) is 5.92. The normalized spacial score (nSPS) is 15.1. The van der Waals surface area contributed by atoms with Gasteiger partial charge in [-0.1, -0.05) is 54.6 Å². The SMILES string of the molecule is O=C(Cc1ccc(-c2ccccc2)cc1)N1CCN(S(=O)(=O)c2cccnc2)CC1. The van der Waals surface area contributed by atoms with Crippen LogP contribution in [0.15, 0.2) is 84.0 Å². The van der Waals surface area contributed by atoms with Crippen LogP contribution in [0.2, 0.25) is 0 Å². The lowest BCUT2D eigenvalue weighted by atomic mass is 10.0. The summed E-state index contributed by atoms with van der Waals surface area (Å²) in [6.45, 7) is 1.35. The van der Waals surface area contributed by atoms with E-state index >= 15 is 0 Å². The van der Waals surface area contributed by atoms with Gasteiger partial charge in [0.25, 0.3) is 0 Å². The van der Waals surface area contributed by atoms with Crippen molar-refractivity contribution in [2.24, 2.45) is 0 Å². The molecular weight excluding hydrogens is 398 g/mol. The predicted octanol–water partition coefficient (Wildman–Crippen LogP) is 2.82. The third kappa shape index (κ3) is 4.42. The van der Waals surface area contributed by atoms with Gasteiger partial charge in [0.2, 0.25) is 15.9 Å². The second-order valence-electron chi connectivity index (χ2n) is 7.21. The molecule has 0 spiro atoms. The van der Waals surface area contributed by atoms with Crippen molar-refractivity contribution in [2.45, 2.75) is 11.3 Å². The number of pyridine rings is 1. The highest BCUT2D eigenvalue weighted by atomic mass is 32.2. The smallest absolute Gasteiger partial charge is 0.244 e. The first-order chi connectivity index (χ1) is 14.5. The first-order valence-corrected chi connectivity index (χ1v) is 11.3. The fourth-order valence-corrected chi connectivity index (χ4v) is 4.95. The zero-order valence-corrected chi connectivity index (χ0v) is 17.3. The molecule has 0 atom stereocenters. The molecule has 2 heterocycles. The number of hydrogen-bond acceptors (Lipinski definition) is 4. The minimum Gasteiger partial charge on any atom is -0.340 e. The molecule has 7 heteroatoms. The van der Waals surface area contributed by atoms with Crippen LogP contribution in [-0.2, 0) is 21.2 Å². The molecule has 3 aromatic rings. The summed E-state index contributed by atoms with van der Waals surface area (Å²) in [7, 11) is -3.57. The molecule has 1 saturated heterocycles. The van der Waals surface area contributed by atoms with Crippen LogP contribution in [0.5, 0.6) is 0 Å². The minimum absolute atomic E-state index is 0.0147.